The van der Waals surface area contributed by atoms with E-state index in [1.807, 2.05) is 0 Å². The Balaban J connectivity index is 1.55. The van der Waals surface area contributed by atoms with Gasteiger partial charge in [0.15, 0.2) is 5.83 Å². The van der Waals surface area contributed by atoms with E-state index in [-0.39, 0.29) is 0 Å². The van der Waals surface area contributed by atoms with Gasteiger partial charge < -0.3 is 0 Å². The van der Waals surface area contributed by atoms with Crippen molar-refractivity contribution in [2.24, 2.45) is 11.8 Å². The zero-order valence-electron chi connectivity index (χ0n) is 15.6. The first-order valence-corrected chi connectivity index (χ1v) is 10.0. The molecule has 1 aliphatic carbocycles. The van der Waals surface area contributed by atoms with Crippen LogP contribution in [0.3, 0.4) is 0 Å². The molecule has 1 nitrogen and oxygen atoms in total. The maximum absolute atomic E-state index is 12.8. The normalized spacial score (nSPS) is 21.1. The highest BCUT2D eigenvalue weighted by molar-refractivity contribution is 5.22. The fourth-order valence-corrected chi connectivity index (χ4v) is 4.00. The summed E-state index contributed by atoms with van der Waals surface area (Å²) < 4.78 is 12.8. The molecule has 2 rings (SSSR count). The molecule has 1 aromatic rings. The fraction of sp³-hybridized carbons (Fsp3) is 0.609. The number of benzene rings is 1. The van der Waals surface area contributed by atoms with E-state index in [0.717, 1.165) is 24.7 Å². The Kier molecular flexibility index (Phi) is 8.73. The van der Waals surface area contributed by atoms with Crippen LogP contribution in [0.1, 0.15) is 75.8 Å². The molecule has 0 heterocycles. The highest BCUT2D eigenvalue weighted by Crippen LogP contribution is 2.34. The quantitative estimate of drug-likeness (QED) is 0.353. The molecule has 0 spiro atoms. The third-order valence-corrected chi connectivity index (χ3v) is 5.73. The van der Waals surface area contributed by atoms with Crippen LogP contribution in [0.2, 0.25) is 0 Å². The Morgan fingerprint density at radius 2 is 1.64 bits per heavy atom. The fourth-order valence-electron chi connectivity index (χ4n) is 4.00. The average molecular weight is 342 g/mol. The summed E-state index contributed by atoms with van der Waals surface area (Å²) in [7, 11) is 0. The average Bonchev–Trinajstić information content (AvgIpc) is 2.66. The molecule has 1 aliphatic rings. The number of unbranched alkanes of at least 4 members (excludes halogenated alkanes) is 1. The second-order valence-corrected chi connectivity index (χ2v) is 7.54. The van der Waals surface area contributed by atoms with Crippen molar-refractivity contribution in [3.05, 3.63) is 47.3 Å². The van der Waals surface area contributed by atoms with E-state index in [1.165, 1.54) is 68.6 Å². The molecular weight excluding hydrogens is 309 g/mol. The van der Waals surface area contributed by atoms with Crippen molar-refractivity contribution in [1.82, 2.24) is 0 Å². The van der Waals surface area contributed by atoms with E-state index >= 15 is 0 Å². The lowest BCUT2D eigenvalue weighted by molar-refractivity contribution is 0.250. The van der Waals surface area contributed by atoms with Gasteiger partial charge in [0, 0.05) is 0 Å². The highest BCUT2D eigenvalue weighted by Gasteiger charge is 2.20. The van der Waals surface area contributed by atoms with Gasteiger partial charge in [-0.15, -0.1) is 0 Å². The third-order valence-electron chi connectivity index (χ3n) is 5.73. The second kappa shape index (κ2) is 11.1. The molecule has 1 fully saturated rings. The lowest BCUT2D eigenvalue weighted by Crippen LogP contribution is -2.14. The summed E-state index contributed by atoms with van der Waals surface area (Å²) in [5.74, 6) is 0.999. The Bertz CT molecular complexity index is 559. The lowest BCUT2D eigenvalue weighted by Gasteiger charge is -2.28. The van der Waals surface area contributed by atoms with Crippen molar-refractivity contribution >= 4 is 0 Å². The van der Waals surface area contributed by atoms with Crippen molar-refractivity contribution in [1.29, 1.82) is 5.26 Å². The highest BCUT2D eigenvalue weighted by atomic mass is 19.1. The number of halogens is 1. The standard InChI is InChI=1S/C23H32FN/c1-2-19-10-12-20(13-11-19)6-3-4-7-21-14-16-22(17-15-21)8-5-9-23(24)18-25/h9-13,21-22H,2-8,14-17H2,1H3/t21-,22-. The first-order chi connectivity index (χ1) is 12.2. The molecule has 136 valence electrons. The van der Waals surface area contributed by atoms with Gasteiger partial charge >= 0.3 is 0 Å². The Hall–Kier alpha value is -1.62. The van der Waals surface area contributed by atoms with Crippen LogP contribution in [-0.2, 0) is 12.8 Å². The van der Waals surface area contributed by atoms with Crippen LogP contribution in [0.25, 0.3) is 0 Å². The van der Waals surface area contributed by atoms with Crippen LogP contribution in [0.5, 0.6) is 0 Å². The van der Waals surface area contributed by atoms with Crippen LogP contribution < -0.4 is 0 Å². The topological polar surface area (TPSA) is 23.8 Å². The van der Waals surface area contributed by atoms with Gasteiger partial charge in [-0.3, -0.25) is 0 Å². The maximum atomic E-state index is 12.8. The summed E-state index contributed by atoms with van der Waals surface area (Å²) >= 11 is 0. The van der Waals surface area contributed by atoms with E-state index in [2.05, 4.69) is 31.2 Å². The minimum Gasteiger partial charge on any atom is -0.195 e. The first-order valence-electron chi connectivity index (χ1n) is 10.0. The molecule has 0 aromatic heterocycles. The molecule has 0 saturated heterocycles. The monoisotopic (exact) mass is 341 g/mol. The molecule has 0 N–H and O–H groups in total. The molecule has 1 aromatic carbocycles. The summed E-state index contributed by atoms with van der Waals surface area (Å²) in [6.45, 7) is 2.20. The molecule has 0 aliphatic heterocycles. The van der Waals surface area contributed by atoms with Crippen LogP contribution in [0, 0.1) is 23.2 Å². The molecule has 0 unspecified atom stereocenters. The van der Waals surface area contributed by atoms with Crippen LogP contribution in [-0.4, -0.2) is 0 Å². The summed E-state index contributed by atoms with van der Waals surface area (Å²) in [6.07, 6.45) is 14.7. The zero-order valence-corrected chi connectivity index (χ0v) is 15.6. The van der Waals surface area contributed by atoms with Crippen molar-refractivity contribution in [2.75, 3.05) is 0 Å². The largest absolute Gasteiger partial charge is 0.196 e. The molecule has 0 radical (unpaired) electrons. The van der Waals surface area contributed by atoms with Gasteiger partial charge in [-0.2, -0.15) is 9.65 Å². The Labute approximate surface area is 152 Å². The van der Waals surface area contributed by atoms with E-state index < -0.39 is 5.83 Å². The van der Waals surface area contributed by atoms with Gasteiger partial charge in [-0.05, 0) is 61.1 Å². The first kappa shape index (κ1) is 19.7. The van der Waals surface area contributed by atoms with Gasteiger partial charge in [-0.25, -0.2) is 0 Å². The van der Waals surface area contributed by atoms with Crippen molar-refractivity contribution in [3.63, 3.8) is 0 Å². The summed E-state index contributed by atoms with van der Waals surface area (Å²) in [6, 6.07) is 10.6. The number of rotatable bonds is 9. The van der Waals surface area contributed by atoms with Crippen LogP contribution >= 0.6 is 0 Å². The third kappa shape index (κ3) is 7.43. The Morgan fingerprint density at radius 3 is 2.24 bits per heavy atom. The Morgan fingerprint density at radius 1 is 1.04 bits per heavy atom. The minimum absolute atomic E-state index is 0.627. The zero-order chi connectivity index (χ0) is 17.9. The molecule has 2 heteroatoms. The van der Waals surface area contributed by atoms with Crippen molar-refractivity contribution in [2.45, 2.75) is 77.6 Å². The number of nitriles is 1. The molecular formula is C23H32FN. The second-order valence-electron chi connectivity index (χ2n) is 7.54. The van der Waals surface area contributed by atoms with E-state index in [4.69, 9.17) is 5.26 Å². The van der Waals surface area contributed by atoms with Crippen molar-refractivity contribution in [3.8, 4) is 6.07 Å². The molecule has 0 bridgehead atoms. The van der Waals surface area contributed by atoms with Crippen LogP contribution in [0.15, 0.2) is 36.2 Å². The maximum Gasteiger partial charge on any atom is 0.196 e. The van der Waals surface area contributed by atoms with E-state index in [0.29, 0.717) is 6.42 Å². The van der Waals surface area contributed by atoms with E-state index in [9.17, 15) is 4.39 Å². The van der Waals surface area contributed by atoms with Crippen LogP contribution in [0.4, 0.5) is 4.39 Å². The summed E-state index contributed by atoms with van der Waals surface area (Å²) in [5, 5.41) is 8.41. The van der Waals surface area contributed by atoms with Gasteiger partial charge in [-0.1, -0.05) is 69.7 Å². The number of aryl methyl sites for hydroxylation is 2. The smallest absolute Gasteiger partial charge is 0.195 e. The summed E-state index contributed by atoms with van der Waals surface area (Å²) in [5.41, 5.74) is 2.89. The molecule has 25 heavy (non-hydrogen) atoms. The molecule has 1 saturated carbocycles. The van der Waals surface area contributed by atoms with Crippen molar-refractivity contribution < 1.29 is 4.39 Å². The predicted octanol–water partition coefficient (Wildman–Crippen LogP) is 6.93. The molecule has 0 amide bonds. The minimum atomic E-state index is -0.627. The number of hydrogen-bond acceptors (Lipinski definition) is 1. The predicted molar refractivity (Wildman–Crippen MR) is 103 cm³/mol. The van der Waals surface area contributed by atoms with Gasteiger partial charge in [0.1, 0.15) is 6.07 Å². The number of hydrogen-bond donors (Lipinski definition) is 0. The van der Waals surface area contributed by atoms with Gasteiger partial charge in [0.2, 0.25) is 0 Å². The van der Waals surface area contributed by atoms with E-state index in [1.54, 1.807) is 6.07 Å². The number of allylic oxidation sites excluding steroid dienone is 2. The van der Waals surface area contributed by atoms with Gasteiger partial charge in [0.25, 0.3) is 0 Å². The van der Waals surface area contributed by atoms with Gasteiger partial charge in [0.05, 0.1) is 0 Å². The summed E-state index contributed by atoms with van der Waals surface area (Å²) in [4.78, 5) is 0. The molecule has 0 atom stereocenters. The lowest BCUT2D eigenvalue weighted by atomic mass is 9.78. The number of nitrogens with zero attached hydrogens (tertiary/aromatic N) is 1. The SMILES string of the molecule is CCc1ccc(CCCC[C@H]2CC[C@H](CCC=C(F)C#N)CC2)cc1.